The fourth-order valence-corrected chi connectivity index (χ4v) is 2.08. The number of aromatic nitrogens is 2. The Kier molecular flexibility index (Phi) is 4.28. The lowest BCUT2D eigenvalue weighted by molar-refractivity contribution is -0.385. The van der Waals surface area contributed by atoms with E-state index in [0.717, 1.165) is 5.82 Å². The van der Waals surface area contributed by atoms with Crippen LogP contribution in [-0.2, 0) is 20.1 Å². The Hall–Kier alpha value is -1.73. The summed E-state index contributed by atoms with van der Waals surface area (Å²) in [6.45, 7) is 0.993. The third-order valence-corrected chi connectivity index (χ3v) is 3.26. The van der Waals surface area contributed by atoms with Crippen molar-refractivity contribution in [2.75, 3.05) is 0 Å². The maximum Gasteiger partial charge on any atom is 0.275 e. The molecule has 1 N–H and O–H groups in total. The number of imidazole rings is 1. The predicted molar refractivity (Wildman–Crippen MR) is 74.5 cm³/mol. The molecule has 0 unspecified atom stereocenters. The van der Waals surface area contributed by atoms with Crippen LogP contribution < -0.4 is 5.32 Å². The van der Waals surface area contributed by atoms with E-state index in [1.165, 1.54) is 6.07 Å². The Morgan fingerprint density at radius 2 is 2.26 bits per heavy atom. The first-order valence-electron chi connectivity index (χ1n) is 5.67. The van der Waals surface area contributed by atoms with Gasteiger partial charge in [0, 0.05) is 42.1 Å². The summed E-state index contributed by atoms with van der Waals surface area (Å²) in [5, 5.41) is 14.1. The SMILES string of the molecule is Cn1ccnc1CNCc1ccc(Br)cc1[N+](=O)[O-]. The monoisotopic (exact) mass is 324 g/mol. The van der Waals surface area contributed by atoms with Gasteiger partial charge in [-0.25, -0.2) is 4.98 Å². The highest BCUT2D eigenvalue weighted by atomic mass is 79.9. The van der Waals surface area contributed by atoms with Crippen molar-refractivity contribution in [2.45, 2.75) is 13.1 Å². The molecule has 6 nitrogen and oxygen atoms in total. The molecule has 0 radical (unpaired) electrons. The van der Waals surface area contributed by atoms with Crippen molar-refractivity contribution < 1.29 is 4.92 Å². The van der Waals surface area contributed by atoms with Gasteiger partial charge < -0.3 is 9.88 Å². The molecule has 2 rings (SSSR count). The van der Waals surface area contributed by atoms with Gasteiger partial charge in [0.25, 0.3) is 5.69 Å². The summed E-state index contributed by atoms with van der Waals surface area (Å²) < 4.78 is 2.61. The lowest BCUT2D eigenvalue weighted by atomic mass is 10.2. The van der Waals surface area contributed by atoms with Crippen molar-refractivity contribution in [3.8, 4) is 0 Å². The molecule has 100 valence electrons. The van der Waals surface area contributed by atoms with Gasteiger partial charge in [-0.1, -0.05) is 15.9 Å². The Labute approximate surface area is 118 Å². The van der Waals surface area contributed by atoms with Crippen molar-refractivity contribution in [2.24, 2.45) is 7.05 Å². The van der Waals surface area contributed by atoms with Crippen molar-refractivity contribution in [3.63, 3.8) is 0 Å². The molecule has 0 atom stereocenters. The van der Waals surface area contributed by atoms with Gasteiger partial charge in [-0.2, -0.15) is 0 Å². The van der Waals surface area contributed by atoms with Crippen LogP contribution in [0.4, 0.5) is 5.69 Å². The molecule has 1 aromatic heterocycles. The molecule has 0 saturated heterocycles. The predicted octanol–water partition coefficient (Wildman–Crippen LogP) is 2.38. The summed E-state index contributed by atoms with van der Waals surface area (Å²) in [5.74, 6) is 0.889. The molecule has 1 heterocycles. The van der Waals surface area contributed by atoms with Crippen molar-refractivity contribution >= 4 is 21.6 Å². The van der Waals surface area contributed by atoms with E-state index in [9.17, 15) is 10.1 Å². The quantitative estimate of drug-likeness (QED) is 0.677. The zero-order chi connectivity index (χ0) is 13.8. The van der Waals surface area contributed by atoms with E-state index in [1.807, 2.05) is 17.8 Å². The number of nitrogens with zero attached hydrogens (tertiary/aromatic N) is 3. The molecule has 0 amide bonds. The first-order valence-corrected chi connectivity index (χ1v) is 6.47. The number of hydrogen-bond acceptors (Lipinski definition) is 4. The average Bonchev–Trinajstić information content (AvgIpc) is 2.77. The Morgan fingerprint density at radius 3 is 2.89 bits per heavy atom. The van der Waals surface area contributed by atoms with Crippen molar-refractivity contribution in [1.29, 1.82) is 0 Å². The molecule has 1 aromatic carbocycles. The number of halogens is 1. The summed E-state index contributed by atoms with van der Waals surface area (Å²) in [5.41, 5.74) is 0.768. The topological polar surface area (TPSA) is 73.0 Å². The molecule has 19 heavy (non-hydrogen) atoms. The molecule has 0 spiro atoms. The number of aryl methyl sites for hydroxylation is 1. The highest BCUT2D eigenvalue weighted by Gasteiger charge is 2.13. The number of nitro groups is 1. The zero-order valence-corrected chi connectivity index (χ0v) is 11.9. The van der Waals surface area contributed by atoms with Gasteiger partial charge in [0.1, 0.15) is 5.82 Å². The summed E-state index contributed by atoms with van der Waals surface area (Å²) in [4.78, 5) is 14.8. The van der Waals surface area contributed by atoms with Crippen LogP contribution in [0.25, 0.3) is 0 Å². The second kappa shape index (κ2) is 5.94. The molecule has 0 aliphatic heterocycles. The van der Waals surface area contributed by atoms with Gasteiger partial charge in [-0.05, 0) is 12.1 Å². The third-order valence-electron chi connectivity index (χ3n) is 2.76. The second-order valence-electron chi connectivity index (χ2n) is 4.09. The van der Waals surface area contributed by atoms with Crippen molar-refractivity contribution in [1.82, 2.24) is 14.9 Å². The number of rotatable bonds is 5. The first kappa shape index (κ1) is 13.7. The van der Waals surface area contributed by atoms with E-state index in [-0.39, 0.29) is 10.6 Å². The normalized spacial score (nSPS) is 10.6. The van der Waals surface area contributed by atoms with Crippen LogP contribution in [0, 0.1) is 10.1 Å². The molecular weight excluding hydrogens is 312 g/mol. The van der Waals surface area contributed by atoms with Crippen LogP contribution in [0.1, 0.15) is 11.4 Å². The highest BCUT2D eigenvalue weighted by molar-refractivity contribution is 9.10. The van der Waals surface area contributed by atoms with Gasteiger partial charge >= 0.3 is 0 Å². The summed E-state index contributed by atoms with van der Waals surface area (Å²) in [7, 11) is 1.91. The lowest BCUT2D eigenvalue weighted by Gasteiger charge is -2.06. The number of hydrogen-bond donors (Lipinski definition) is 1. The molecule has 0 aliphatic carbocycles. The van der Waals surface area contributed by atoms with Crippen LogP contribution in [0.3, 0.4) is 0 Å². The minimum Gasteiger partial charge on any atom is -0.337 e. The third kappa shape index (κ3) is 3.39. The Morgan fingerprint density at radius 1 is 1.47 bits per heavy atom. The van der Waals surface area contributed by atoms with E-state index >= 15 is 0 Å². The standard InChI is InChI=1S/C12H13BrN4O2/c1-16-5-4-15-12(16)8-14-7-9-2-3-10(13)6-11(9)17(18)19/h2-6,14H,7-8H2,1H3. The smallest absolute Gasteiger partial charge is 0.275 e. The van der Waals surface area contributed by atoms with Gasteiger partial charge in [-0.15, -0.1) is 0 Å². The van der Waals surface area contributed by atoms with E-state index in [1.54, 1.807) is 18.3 Å². The van der Waals surface area contributed by atoms with Crippen molar-refractivity contribution in [3.05, 3.63) is 56.6 Å². The van der Waals surface area contributed by atoms with E-state index in [0.29, 0.717) is 23.1 Å². The van der Waals surface area contributed by atoms with Crippen LogP contribution in [0.2, 0.25) is 0 Å². The molecule has 0 bridgehead atoms. The minimum absolute atomic E-state index is 0.113. The van der Waals surface area contributed by atoms with Crippen LogP contribution in [0.15, 0.2) is 35.1 Å². The fraction of sp³-hybridized carbons (Fsp3) is 0.250. The number of benzene rings is 1. The molecule has 0 fully saturated rings. The highest BCUT2D eigenvalue weighted by Crippen LogP contribution is 2.23. The average molecular weight is 325 g/mol. The van der Waals surface area contributed by atoms with Crippen LogP contribution in [-0.4, -0.2) is 14.5 Å². The van der Waals surface area contributed by atoms with E-state index in [4.69, 9.17) is 0 Å². The minimum atomic E-state index is -0.372. The number of nitro benzene ring substituents is 1. The van der Waals surface area contributed by atoms with Gasteiger partial charge in [0.2, 0.25) is 0 Å². The van der Waals surface area contributed by atoms with Crippen LogP contribution >= 0.6 is 15.9 Å². The van der Waals surface area contributed by atoms with Gasteiger partial charge in [0.15, 0.2) is 0 Å². The van der Waals surface area contributed by atoms with E-state index in [2.05, 4.69) is 26.2 Å². The van der Waals surface area contributed by atoms with Crippen LogP contribution in [0.5, 0.6) is 0 Å². The maximum atomic E-state index is 11.0. The lowest BCUT2D eigenvalue weighted by Crippen LogP contribution is -2.16. The van der Waals surface area contributed by atoms with E-state index < -0.39 is 0 Å². The molecule has 0 saturated carbocycles. The zero-order valence-electron chi connectivity index (χ0n) is 10.3. The van der Waals surface area contributed by atoms with Gasteiger partial charge in [-0.3, -0.25) is 10.1 Å². The molecule has 0 aliphatic rings. The summed E-state index contributed by atoms with van der Waals surface area (Å²) >= 11 is 3.24. The number of nitrogens with one attached hydrogen (secondary N) is 1. The Balaban J connectivity index is 2.03. The van der Waals surface area contributed by atoms with Gasteiger partial charge in [0.05, 0.1) is 11.5 Å². The fourth-order valence-electron chi connectivity index (χ4n) is 1.73. The summed E-state index contributed by atoms with van der Waals surface area (Å²) in [6.07, 6.45) is 3.58. The molecule has 2 aromatic rings. The molecular formula is C12H13BrN4O2. The second-order valence-corrected chi connectivity index (χ2v) is 5.00. The molecule has 7 heteroatoms. The maximum absolute atomic E-state index is 11.0. The summed E-state index contributed by atoms with van der Waals surface area (Å²) in [6, 6.07) is 5.05. The first-order chi connectivity index (χ1) is 9.08. The Bertz CT molecular complexity index is 597. The largest absolute Gasteiger partial charge is 0.337 e.